The minimum Gasteiger partial charge on any atom is -0.305 e. The second-order valence-electron chi connectivity index (χ2n) is 13.0. The van der Waals surface area contributed by atoms with Gasteiger partial charge in [0.2, 0.25) is 0 Å². The van der Waals surface area contributed by atoms with E-state index in [0.29, 0.717) is 0 Å². The van der Waals surface area contributed by atoms with E-state index in [1.165, 1.54) is 52.4 Å². The predicted molar refractivity (Wildman–Crippen MR) is 208 cm³/mol. The fraction of sp³-hybridized carbons (Fsp3) is 0.0909. The van der Waals surface area contributed by atoms with E-state index in [1.54, 1.807) is 0 Å². The maximum absolute atomic E-state index is 4.71. The van der Waals surface area contributed by atoms with Gasteiger partial charge in [-0.15, -0.1) is 23.8 Å². The summed E-state index contributed by atoms with van der Waals surface area (Å²) in [6, 6.07) is 53.0. The van der Waals surface area contributed by atoms with Crippen LogP contribution in [-0.2, 0) is 20.1 Å². The van der Waals surface area contributed by atoms with E-state index in [0.717, 1.165) is 22.5 Å². The molecule has 0 spiro atoms. The van der Waals surface area contributed by atoms with Crippen LogP contribution in [-0.4, -0.2) is 23.2 Å². The molecular weight excluding hydrogens is 853 g/mol. The molecule has 0 amide bonds. The third-order valence-electron chi connectivity index (χ3n) is 8.57. The molecule has 5 aromatic carbocycles. The third-order valence-corrected chi connectivity index (χ3v) is 14.3. The van der Waals surface area contributed by atoms with E-state index in [9.17, 15) is 0 Å². The van der Waals surface area contributed by atoms with Gasteiger partial charge in [-0.05, 0) is 44.1 Å². The molecule has 2 nitrogen and oxygen atoms in total. The molecule has 49 heavy (non-hydrogen) atoms. The zero-order valence-corrected chi connectivity index (χ0v) is 33.3. The van der Waals surface area contributed by atoms with Crippen molar-refractivity contribution in [3.63, 3.8) is 0 Å². The van der Waals surface area contributed by atoms with E-state index in [1.807, 2.05) is 47.9 Å². The summed E-state index contributed by atoms with van der Waals surface area (Å²) < 4.78 is 4.03. The number of fused-ring (bicyclic) bond motifs is 3. The van der Waals surface area contributed by atoms with Gasteiger partial charge in [-0.3, -0.25) is 0 Å². The Kier molecular flexibility index (Phi) is 10.7. The van der Waals surface area contributed by atoms with Crippen LogP contribution >= 0.6 is 11.3 Å². The molecule has 0 aliphatic heterocycles. The number of benzene rings is 5. The first-order valence-corrected chi connectivity index (χ1v) is 24.4. The zero-order valence-electron chi connectivity index (χ0n) is 28.0. The van der Waals surface area contributed by atoms with Crippen molar-refractivity contribution in [1.82, 2.24) is 9.97 Å². The maximum Gasteiger partial charge on any atom is 0.0318 e. The zero-order chi connectivity index (χ0) is 33.1. The second kappa shape index (κ2) is 15.1. The molecule has 3 heterocycles. The first-order chi connectivity index (χ1) is 23.4. The quantitative estimate of drug-likeness (QED) is 0.127. The van der Waals surface area contributed by atoms with Crippen molar-refractivity contribution in [3.05, 3.63) is 164 Å². The third kappa shape index (κ3) is 7.54. The molecule has 0 aliphatic carbocycles. The smallest absolute Gasteiger partial charge is 0.0318 e. The molecular formula is C44H36GeIrN2S-2. The summed E-state index contributed by atoms with van der Waals surface area (Å²) in [5, 5.41) is 2.55. The van der Waals surface area contributed by atoms with E-state index < -0.39 is 13.3 Å². The summed E-state index contributed by atoms with van der Waals surface area (Å²) in [6.07, 6.45) is 3.97. The molecule has 243 valence electrons. The van der Waals surface area contributed by atoms with Crippen molar-refractivity contribution in [2.75, 3.05) is 0 Å². The van der Waals surface area contributed by atoms with Gasteiger partial charge in [0.1, 0.15) is 0 Å². The van der Waals surface area contributed by atoms with Gasteiger partial charge >= 0.3 is 106 Å². The number of pyridine rings is 2. The van der Waals surface area contributed by atoms with E-state index in [2.05, 4.69) is 151 Å². The molecule has 5 heteroatoms. The number of hydrogen-bond donors (Lipinski definition) is 0. The molecule has 0 N–H and O–H groups in total. The summed E-state index contributed by atoms with van der Waals surface area (Å²) in [7, 11) is 0. The van der Waals surface area contributed by atoms with Crippen molar-refractivity contribution in [2.45, 2.75) is 24.2 Å². The summed E-state index contributed by atoms with van der Waals surface area (Å²) in [6.45, 7) is 2.19. The topological polar surface area (TPSA) is 25.8 Å². The fourth-order valence-electron chi connectivity index (χ4n) is 6.22. The van der Waals surface area contributed by atoms with E-state index in [4.69, 9.17) is 4.98 Å². The molecule has 0 aliphatic rings. The van der Waals surface area contributed by atoms with Crippen LogP contribution in [0.1, 0.15) is 5.56 Å². The van der Waals surface area contributed by atoms with Crippen molar-refractivity contribution in [3.8, 4) is 44.8 Å². The van der Waals surface area contributed by atoms with Crippen LogP contribution in [0.4, 0.5) is 0 Å². The van der Waals surface area contributed by atoms with Gasteiger partial charge in [-0.2, -0.15) is 11.3 Å². The van der Waals surface area contributed by atoms with Gasteiger partial charge in [0.15, 0.2) is 0 Å². The predicted octanol–water partition coefficient (Wildman–Crippen LogP) is 11.7. The van der Waals surface area contributed by atoms with Crippen LogP contribution in [0.5, 0.6) is 0 Å². The summed E-state index contributed by atoms with van der Waals surface area (Å²) >= 11 is 0.0624. The number of nitrogens with zero attached hydrogens (tertiary/aromatic N) is 2. The minimum atomic E-state index is -1.77. The van der Waals surface area contributed by atoms with Crippen LogP contribution in [0.25, 0.3) is 64.9 Å². The summed E-state index contributed by atoms with van der Waals surface area (Å²) in [4.78, 5) is 9.30. The number of aryl methyl sites for hydroxylation is 1. The first kappa shape index (κ1) is 34.7. The Balaban J connectivity index is 0.000000198. The van der Waals surface area contributed by atoms with E-state index >= 15 is 0 Å². The van der Waals surface area contributed by atoms with Gasteiger partial charge < -0.3 is 4.98 Å². The number of rotatable bonds is 5. The molecule has 1 radical (unpaired) electrons. The Morgan fingerprint density at radius 1 is 0.592 bits per heavy atom. The van der Waals surface area contributed by atoms with Gasteiger partial charge in [0, 0.05) is 31.0 Å². The van der Waals surface area contributed by atoms with Gasteiger partial charge in [0.05, 0.1) is 0 Å². The Hall–Kier alpha value is -4.19. The molecule has 0 unspecified atom stereocenters. The molecule has 0 atom stereocenters. The van der Waals surface area contributed by atoms with Crippen LogP contribution in [0, 0.1) is 19.1 Å². The minimum absolute atomic E-state index is 0. The van der Waals surface area contributed by atoms with E-state index in [-0.39, 0.29) is 20.1 Å². The van der Waals surface area contributed by atoms with Crippen LogP contribution in [0.15, 0.2) is 146 Å². The standard InChI is InChI=1S/C29H18NS.C15H18GeN.Ir/c1-3-9-20(10-4-1)22-17-18-30-27(19-22)26-16-8-15-25-24-14-7-13-23(28(24)31-29(25)26)21-11-5-2-6-12-21;1-12-10-15(13-8-6-5-7-9-13)17-11-14(12)16(2,3)4;/h1-15,17-19H;5-8,10-11H,1-4H3;/q2*-1;. The van der Waals surface area contributed by atoms with Crippen LogP contribution in [0.3, 0.4) is 0 Å². The first-order valence-electron chi connectivity index (χ1n) is 16.2. The molecule has 0 saturated heterocycles. The van der Waals surface area contributed by atoms with Gasteiger partial charge in [-0.1, -0.05) is 90.3 Å². The molecule has 8 rings (SSSR count). The van der Waals surface area contributed by atoms with Crippen molar-refractivity contribution < 1.29 is 20.1 Å². The number of thiophene rings is 1. The van der Waals surface area contributed by atoms with Gasteiger partial charge in [-0.25, -0.2) is 0 Å². The average molecular weight is 890 g/mol. The van der Waals surface area contributed by atoms with Crippen molar-refractivity contribution in [2.24, 2.45) is 0 Å². The fourth-order valence-corrected chi connectivity index (χ4v) is 11.1. The molecule has 8 aromatic rings. The Morgan fingerprint density at radius 3 is 2.00 bits per heavy atom. The largest absolute Gasteiger partial charge is 0.305 e. The Morgan fingerprint density at radius 2 is 1.31 bits per heavy atom. The Bertz CT molecular complexity index is 2330. The molecule has 0 bridgehead atoms. The summed E-state index contributed by atoms with van der Waals surface area (Å²) in [5.74, 6) is 7.20. The molecule has 0 saturated carbocycles. The molecule has 3 aromatic heterocycles. The van der Waals surface area contributed by atoms with Crippen molar-refractivity contribution >= 4 is 49.2 Å². The monoisotopic (exact) mass is 891 g/mol. The summed E-state index contributed by atoms with van der Waals surface area (Å²) in [5.41, 5.74) is 10.4. The second-order valence-corrected chi connectivity index (χ2v) is 24.5. The van der Waals surface area contributed by atoms with Crippen molar-refractivity contribution in [1.29, 1.82) is 0 Å². The maximum atomic E-state index is 4.71. The Labute approximate surface area is 309 Å². The van der Waals surface area contributed by atoms with Crippen LogP contribution in [0.2, 0.25) is 17.3 Å². The van der Waals surface area contributed by atoms with Gasteiger partial charge in [0.25, 0.3) is 0 Å². The number of hydrogen-bond acceptors (Lipinski definition) is 3. The average Bonchev–Trinajstić information content (AvgIpc) is 3.52. The normalized spacial score (nSPS) is 11.1. The molecule has 0 fully saturated rings. The SMILES string of the molecule is Cc1cc(-c2[c-]cccc2)nc[c]1[Ge]([CH3])([CH3])[CH3].[Ir].[c-]1ccc2c(sc3c(-c4ccccc4)cccc32)c1-c1cc(-c2ccccc2)ccn1. The van der Waals surface area contributed by atoms with Crippen LogP contribution < -0.4 is 4.40 Å². The number of aromatic nitrogens is 2.